The number of aliphatic carboxylic acids is 1. The quantitative estimate of drug-likeness (QED) is 0.924. The number of halogens is 3. The van der Waals surface area contributed by atoms with Crippen molar-refractivity contribution in [2.24, 2.45) is 5.92 Å². The second-order valence-electron chi connectivity index (χ2n) is 5.54. The van der Waals surface area contributed by atoms with Crippen molar-refractivity contribution in [3.8, 4) is 0 Å². The molecule has 1 heterocycles. The Kier molecular flexibility index (Phi) is 4.56. The predicted molar refractivity (Wildman–Crippen MR) is 71.8 cm³/mol. The van der Waals surface area contributed by atoms with Crippen LogP contribution in [-0.2, 0) is 11.0 Å². The average molecular weight is 301 g/mol. The molecule has 1 aliphatic rings. The summed E-state index contributed by atoms with van der Waals surface area (Å²) in [6, 6.07) is 5.18. The maximum Gasteiger partial charge on any atom is 0.416 e. The second kappa shape index (κ2) is 6.05. The first kappa shape index (κ1) is 15.8. The van der Waals surface area contributed by atoms with Gasteiger partial charge in [-0.2, -0.15) is 13.2 Å². The van der Waals surface area contributed by atoms with E-state index in [4.69, 9.17) is 5.11 Å². The first-order valence-corrected chi connectivity index (χ1v) is 6.90. The summed E-state index contributed by atoms with van der Waals surface area (Å²) >= 11 is 0. The molecule has 0 radical (unpaired) electrons. The van der Waals surface area contributed by atoms with Gasteiger partial charge in [-0.05, 0) is 43.5 Å². The second-order valence-corrected chi connectivity index (χ2v) is 5.54. The number of carboxylic acids is 1. The van der Waals surface area contributed by atoms with Crippen LogP contribution in [0.5, 0.6) is 0 Å². The van der Waals surface area contributed by atoms with Crippen molar-refractivity contribution in [3.05, 3.63) is 35.4 Å². The topological polar surface area (TPSA) is 40.5 Å². The lowest BCUT2D eigenvalue weighted by Gasteiger charge is -2.25. The molecule has 0 bridgehead atoms. The van der Waals surface area contributed by atoms with Crippen molar-refractivity contribution in [1.29, 1.82) is 0 Å². The van der Waals surface area contributed by atoms with Gasteiger partial charge in [-0.15, -0.1) is 0 Å². The molecule has 0 saturated carbocycles. The van der Waals surface area contributed by atoms with Crippen molar-refractivity contribution in [2.45, 2.75) is 32.0 Å². The van der Waals surface area contributed by atoms with Gasteiger partial charge in [0.2, 0.25) is 0 Å². The molecule has 0 aliphatic carbocycles. The van der Waals surface area contributed by atoms with Gasteiger partial charge in [0, 0.05) is 19.0 Å². The Morgan fingerprint density at radius 3 is 2.52 bits per heavy atom. The highest BCUT2D eigenvalue weighted by Gasteiger charge is 2.31. The van der Waals surface area contributed by atoms with Crippen LogP contribution in [0.3, 0.4) is 0 Å². The molecule has 1 saturated heterocycles. The van der Waals surface area contributed by atoms with E-state index in [0.717, 1.165) is 30.7 Å². The Morgan fingerprint density at radius 1 is 1.38 bits per heavy atom. The molecule has 3 nitrogen and oxygen atoms in total. The Bertz CT molecular complexity index is 499. The number of hydrogen-bond donors (Lipinski definition) is 1. The number of hydrogen-bond acceptors (Lipinski definition) is 2. The zero-order valence-electron chi connectivity index (χ0n) is 11.7. The van der Waals surface area contributed by atoms with Gasteiger partial charge in [-0.1, -0.05) is 12.1 Å². The highest BCUT2D eigenvalue weighted by Crippen LogP contribution is 2.32. The summed E-state index contributed by atoms with van der Waals surface area (Å²) in [5.74, 6) is -0.677. The molecule has 0 aromatic heterocycles. The molecular weight excluding hydrogens is 283 g/mol. The van der Waals surface area contributed by atoms with Crippen LogP contribution in [0.2, 0.25) is 0 Å². The zero-order chi connectivity index (χ0) is 15.6. The van der Waals surface area contributed by atoms with Gasteiger partial charge >= 0.3 is 12.1 Å². The molecule has 0 amide bonds. The molecule has 2 unspecified atom stereocenters. The molecular formula is C15H18F3NO2. The molecule has 0 spiro atoms. The molecule has 6 heteroatoms. The van der Waals surface area contributed by atoms with Gasteiger partial charge in [0.25, 0.3) is 0 Å². The Morgan fingerprint density at radius 2 is 2.00 bits per heavy atom. The molecule has 21 heavy (non-hydrogen) atoms. The van der Waals surface area contributed by atoms with E-state index in [1.807, 2.05) is 6.92 Å². The smallest absolute Gasteiger partial charge is 0.416 e. The van der Waals surface area contributed by atoms with Crippen molar-refractivity contribution in [3.63, 3.8) is 0 Å². The van der Waals surface area contributed by atoms with E-state index in [2.05, 4.69) is 4.90 Å². The minimum absolute atomic E-state index is 0.00826. The van der Waals surface area contributed by atoms with Crippen LogP contribution in [0.1, 0.15) is 36.9 Å². The Hall–Kier alpha value is -1.56. The molecule has 1 fully saturated rings. The van der Waals surface area contributed by atoms with Gasteiger partial charge in [0.1, 0.15) is 0 Å². The van der Waals surface area contributed by atoms with E-state index < -0.39 is 17.7 Å². The van der Waals surface area contributed by atoms with Crippen molar-refractivity contribution in [2.75, 3.05) is 13.1 Å². The van der Waals surface area contributed by atoms with Gasteiger partial charge < -0.3 is 5.11 Å². The number of nitrogens with zero attached hydrogens (tertiary/aromatic N) is 1. The minimum atomic E-state index is -4.32. The van der Waals surface area contributed by atoms with Crippen LogP contribution in [0.15, 0.2) is 24.3 Å². The van der Waals surface area contributed by atoms with E-state index in [1.165, 1.54) is 12.1 Å². The van der Waals surface area contributed by atoms with Crippen LogP contribution in [0.4, 0.5) is 13.2 Å². The summed E-state index contributed by atoms with van der Waals surface area (Å²) in [6.07, 6.45) is -3.35. The molecule has 1 aromatic carbocycles. The standard InChI is InChI=1S/C15H18F3NO2/c1-10(19-7-6-11(9-19)8-14(20)21)12-2-4-13(5-3-12)15(16,17)18/h2-5,10-11H,6-9H2,1H3,(H,20,21). The lowest BCUT2D eigenvalue weighted by molar-refractivity contribution is -0.138. The maximum atomic E-state index is 12.5. The van der Waals surface area contributed by atoms with E-state index in [1.54, 1.807) is 0 Å². The SMILES string of the molecule is CC(c1ccc(C(F)(F)F)cc1)N1CCC(CC(=O)O)C1. The van der Waals surface area contributed by atoms with Crippen LogP contribution in [-0.4, -0.2) is 29.1 Å². The van der Waals surface area contributed by atoms with Gasteiger partial charge in [0.05, 0.1) is 5.56 Å². The molecule has 116 valence electrons. The normalized spacial score (nSPS) is 21.4. The number of likely N-dealkylation sites (tertiary alicyclic amines) is 1. The number of rotatable bonds is 4. The third-order valence-electron chi connectivity index (χ3n) is 4.05. The monoisotopic (exact) mass is 301 g/mol. The number of carbonyl (C=O) groups is 1. The molecule has 2 atom stereocenters. The van der Waals surface area contributed by atoms with Crippen molar-refractivity contribution < 1.29 is 23.1 Å². The van der Waals surface area contributed by atoms with E-state index in [0.29, 0.717) is 6.54 Å². The van der Waals surface area contributed by atoms with Crippen LogP contribution >= 0.6 is 0 Å². The largest absolute Gasteiger partial charge is 0.481 e. The predicted octanol–water partition coefficient (Wildman–Crippen LogP) is 3.56. The number of carboxylic acid groups (broad SMARTS) is 1. The number of alkyl halides is 3. The zero-order valence-corrected chi connectivity index (χ0v) is 11.7. The third kappa shape index (κ3) is 3.97. The van der Waals surface area contributed by atoms with Crippen molar-refractivity contribution >= 4 is 5.97 Å². The summed E-state index contributed by atoms with van der Waals surface area (Å²) in [7, 11) is 0. The lowest BCUT2D eigenvalue weighted by atomic mass is 10.0. The van der Waals surface area contributed by atoms with Crippen LogP contribution in [0, 0.1) is 5.92 Å². The summed E-state index contributed by atoms with van der Waals surface area (Å²) in [5.41, 5.74) is 0.169. The Balaban J connectivity index is 2.01. The molecule has 1 N–H and O–H groups in total. The summed E-state index contributed by atoms with van der Waals surface area (Å²) in [6.45, 7) is 3.39. The minimum Gasteiger partial charge on any atom is -0.481 e. The van der Waals surface area contributed by atoms with E-state index in [-0.39, 0.29) is 18.4 Å². The summed E-state index contributed by atoms with van der Waals surface area (Å²) in [5, 5.41) is 8.80. The number of benzene rings is 1. The van der Waals surface area contributed by atoms with Crippen LogP contribution < -0.4 is 0 Å². The van der Waals surface area contributed by atoms with Gasteiger partial charge in [0.15, 0.2) is 0 Å². The van der Waals surface area contributed by atoms with Crippen molar-refractivity contribution in [1.82, 2.24) is 4.90 Å². The maximum absolute atomic E-state index is 12.5. The average Bonchev–Trinajstić information content (AvgIpc) is 2.84. The fourth-order valence-corrected chi connectivity index (χ4v) is 2.79. The van der Waals surface area contributed by atoms with E-state index in [9.17, 15) is 18.0 Å². The fraction of sp³-hybridized carbons (Fsp3) is 0.533. The highest BCUT2D eigenvalue weighted by atomic mass is 19.4. The molecule has 2 rings (SSSR count). The lowest BCUT2D eigenvalue weighted by Crippen LogP contribution is -2.25. The fourth-order valence-electron chi connectivity index (χ4n) is 2.79. The third-order valence-corrected chi connectivity index (χ3v) is 4.05. The summed E-state index contributed by atoms with van der Waals surface area (Å²) < 4.78 is 37.6. The Labute approximate surface area is 121 Å². The summed E-state index contributed by atoms with van der Waals surface area (Å²) in [4.78, 5) is 12.8. The van der Waals surface area contributed by atoms with E-state index >= 15 is 0 Å². The van der Waals surface area contributed by atoms with Gasteiger partial charge in [-0.3, -0.25) is 9.69 Å². The van der Waals surface area contributed by atoms with Gasteiger partial charge in [-0.25, -0.2) is 0 Å². The van der Waals surface area contributed by atoms with Crippen LogP contribution in [0.25, 0.3) is 0 Å². The first-order chi connectivity index (χ1) is 9.77. The first-order valence-electron chi connectivity index (χ1n) is 6.90. The molecule has 1 aromatic rings. The molecule has 1 aliphatic heterocycles. The highest BCUT2D eigenvalue weighted by molar-refractivity contribution is 5.67.